The Morgan fingerprint density at radius 1 is 1.13 bits per heavy atom. The third kappa shape index (κ3) is 2.64. The van der Waals surface area contributed by atoms with E-state index in [9.17, 15) is 0 Å². The van der Waals surface area contributed by atoms with Crippen LogP contribution in [-0.4, -0.2) is 10.1 Å². The van der Waals surface area contributed by atoms with E-state index in [4.69, 9.17) is 16.7 Å². The van der Waals surface area contributed by atoms with Crippen LogP contribution < -0.4 is 0 Å². The van der Waals surface area contributed by atoms with Crippen LogP contribution in [0.15, 0.2) is 52.5 Å². The lowest BCUT2D eigenvalue weighted by molar-refractivity contribution is 0.475. The first-order valence-corrected chi connectivity index (χ1v) is 5.52. The minimum atomic E-state index is 0.256. The van der Waals surface area contributed by atoms with Gasteiger partial charge in [-0.1, -0.05) is 23.4 Å². The molecule has 1 heterocycles. The Balaban J connectivity index is 2.22. The van der Waals surface area contributed by atoms with Gasteiger partial charge in [-0.05, 0) is 36.4 Å². The SMILES string of the molecule is Oc1ccc(Sc2ncccc2Cl)cc1. The second kappa shape index (κ2) is 4.55. The lowest BCUT2D eigenvalue weighted by Gasteiger charge is -2.02. The summed E-state index contributed by atoms with van der Waals surface area (Å²) in [5.41, 5.74) is 0. The summed E-state index contributed by atoms with van der Waals surface area (Å²) >= 11 is 7.44. The molecule has 0 bridgehead atoms. The van der Waals surface area contributed by atoms with Gasteiger partial charge in [0.15, 0.2) is 0 Å². The van der Waals surface area contributed by atoms with E-state index in [1.165, 1.54) is 11.8 Å². The number of pyridine rings is 1. The summed E-state index contributed by atoms with van der Waals surface area (Å²) < 4.78 is 0. The first-order valence-electron chi connectivity index (χ1n) is 4.33. The van der Waals surface area contributed by atoms with Crippen molar-refractivity contribution in [2.45, 2.75) is 9.92 Å². The number of halogens is 1. The maximum atomic E-state index is 9.13. The number of phenols is 1. The van der Waals surface area contributed by atoms with E-state index in [0.717, 1.165) is 9.92 Å². The molecule has 1 aromatic carbocycles. The van der Waals surface area contributed by atoms with Crippen LogP contribution in [0.4, 0.5) is 0 Å². The fourth-order valence-electron chi connectivity index (χ4n) is 1.07. The Morgan fingerprint density at radius 3 is 2.53 bits per heavy atom. The average Bonchev–Trinajstić information content (AvgIpc) is 2.25. The number of phenolic OH excluding ortho intramolecular Hbond substituents is 1. The molecule has 0 aliphatic carbocycles. The molecule has 1 aromatic heterocycles. The van der Waals surface area contributed by atoms with Gasteiger partial charge < -0.3 is 5.11 Å². The van der Waals surface area contributed by atoms with Crippen molar-refractivity contribution in [2.75, 3.05) is 0 Å². The van der Waals surface area contributed by atoms with Gasteiger partial charge in [-0.3, -0.25) is 0 Å². The first kappa shape index (κ1) is 10.3. The molecule has 0 radical (unpaired) electrons. The zero-order chi connectivity index (χ0) is 10.7. The Labute approximate surface area is 96.9 Å². The van der Waals surface area contributed by atoms with Gasteiger partial charge in [-0.25, -0.2) is 4.98 Å². The van der Waals surface area contributed by atoms with Crippen molar-refractivity contribution in [3.63, 3.8) is 0 Å². The molecular weight excluding hydrogens is 230 g/mol. The molecule has 1 N–H and O–H groups in total. The zero-order valence-corrected chi connectivity index (χ0v) is 9.29. The minimum Gasteiger partial charge on any atom is -0.508 e. The van der Waals surface area contributed by atoms with Gasteiger partial charge in [-0.15, -0.1) is 0 Å². The zero-order valence-electron chi connectivity index (χ0n) is 7.72. The Hall–Kier alpha value is -1.19. The van der Waals surface area contributed by atoms with Crippen molar-refractivity contribution in [1.29, 1.82) is 0 Å². The predicted octanol–water partition coefficient (Wildman–Crippen LogP) is 3.59. The summed E-state index contributed by atoms with van der Waals surface area (Å²) in [6.07, 6.45) is 1.70. The number of hydrogen-bond acceptors (Lipinski definition) is 3. The Bertz CT molecular complexity index is 458. The van der Waals surface area contributed by atoms with Gasteiger partial charge in [0.25, 0.3) is 0 Å². The number of nitrogens with zero attached hydrogens (tertiary/aromatic N) is 1. The van der Waals surface area contributed by atoms with Crippen molar-refractivity contribution in [1.82, 2.24) is 4.98 Å². The van der Waals surface area contributed by atoms with Gasteiger partial charge in [0.2, 0.25) is 0 Å². The average molecular weight is 238 g/mol. The van der Waals surface area contributed by atoms with E-state index in [1.54, 1.807) is 30.5 Å². The van der Waals surface area contributed by atoms with Gasteiger partial charge in [-0.2, -0.15) is 0 Å². The maximum absolute atomic E-state index is 9.13. The van der Waals surface area contributed by atoms with Crippen LogP contribution in [0.25, 0.3) is 0 Å². The molecule has 0 fully saturated rings. The maximum Gasteiger partial charge on any atom is 0.119 e. The highest BCUT2D eigenvalue weighted by molar-refractivity contribution is 7.99. The molecule has 4 heteroatoms. The van der Waals surface area contributed by atoms with E-state index in [-0.39, 0.29) is 5.75 Å². The third-order valence-corrected chi connectivity index (χ3v) is 3.22. The lowest BCUT2D eigenvalue weighted by Crippen LogP contribution is -1.79. The minimum absolute atomic E-state index is 0.256. The van der Waals surface area contributed by atoms with Crippen LogP contribution in [0.3, 0.4) is 0 Å². The summed E-state index contributed by atoms with van der Waals surface area (Å²) in [4.78, 5) is 5.16. The molecule has 76 valence electrons. The van der Waals surface area contributed by atoms with E-state index >= 15 is 0 Å². The lowest BCUT2D eigenvalue weighted by atomic mass is 10.3. The largest absolute Gasteiger partial charge is 0.508 e. The molecule has 0 atom stereocenters. The van der Waals surface area contributed by atoms with Crippen molar-refractivity contribution in [2.24, 2.45) is 0 Å². The van der Waals surface area contributed by atoms with Gasteiger partial charge in [0.1, 0.15) is 10.8 Å². The number of hydrogen-bond donors (Lipinski definition) is 1. The Morgan fingerprint density at radius 2 is 1.87 bits per heavy atom. The van der Waals surface area contributed by atoms with Crippen molar-refractivity contribution in [3.05, 3.63) is 47.6 Å². The summed E-state index contributed by atoms with van der Waals surface area (Å²) in [5.74, 6) is 0.256. The molecule has 2 nitrogen and oxygen atoms in total. The highest BCUT2D eigenvalue weighted by Gasteiger charge is 2.02. The van der Waals surface area contributed by atoms with Crippen LogP contribution in [-0.2, 0) is 0 Å². The topological polar surface area (TPSA) is 33.1 Å². The van der Waals surface area contributed by atoms with E-state index < -0.39 is 0 Å². The molecule has 0 unspecified atom stereocenters. The summed E-state index contributed by atoms with van der Waals surface area (Å²) in [6.45, 7) is 0. The van der Waals surface area contributed by atoms with E-state index in [2.05, 4.69) is 4.98 Å². The molecule has 0 saturated heterocycles. The number of benzene rings is 1. The molecule has 2 rings (SSSR count). The van der Waals surface area contributed by atoms with Crippen LogP contribution in [0.2, 0.25) is 5.02 Å². The highest BCUT2D eigenvalue weighted by atomic mass is 35.5. The molecule has 15 heavy (non-hydrogen) atoms. The third-order valence-electron chi connectivity index (χ3n) is 1.78. The fourth-order valence-corrected chi connectivity index (χ4v) is 2.08. The van der Waals surface area contributed by atoms with Crippen molar-refractivity contribution in [3.8, 4) is 5.75 Å². The first-order chi connectivity index (χ1) is 7.25. The van der Waals surface area contributed by atoms with Crippen LogP contribution in [0.1, 0.15) is 0 Å². The highest BCUT2D eigenvalue weighted by Crippen LogP contribution is 2.31. The summed E-state index contributed by atoms with van der Waals surface area (Å²) in [7, 11) is 0. The number of aromatic hydroxyl groups is 1. The predicted molar refractivity (Wildman–Crippen MR) is 61.5 cm³/mol. The number of rotatable bonds is 2. The number of aromatic nitrogens is 1. The smallest absolute Gasteiger partial charge is 0.119 e. The molecule has 0 saturated carbocycles. The van der Waals surface area contributed by atoms with Crippen molar-refractivity contribution < 1.29 is 5.11 Å². The standard InChI is InChI=1S/C11H8ClNOS/c12-10-2-1-7-13-11(10)15-9-5-3-8(14)4-6-9/h1-7,14H. The van der Waals surface area contributed by atoms with Gasteiger partial charge >= 0.3 is 0 Å². The fraction of sp³-hybridized carbons (Fsp3) is 0. The summed E-state index contributed by atoms with van der Waals surface area (Å²) in [5, 5.41) is 10.5. The second-order valence-corrected chi connectivity index (χ2v) is 4.36. The van der Waals surface area contributed by atoms with Crippen LogP contribution in [0, 0.1) is 0 Å². The van der Waals surface area contributed by atoms with E-state index in [0.29, 0.717) is 5.02 Å². The monoisotopic (exact) mass is 237 g/mol. The molecule has 0 aliphatic rings. The van der Waals surface area contributed by atoms with Crippen LogP contribution >= 0.6 is 23.4 Å². The van der Waals surface area contributed by atoms with E-state index in [1.807, 2.05) is 12.1 Å². The molecule has 0 amide bonds. The van der Waals surface area contributed by atoms with Gasteiger partial charge in [0.05, 0.1) is 5.02 Å². The molecule has 0 aliphatic heterocycles. The van der Waals surface area contributed by atoms with Gasteiger partial charge in [0, 0.05) is 11.1 Å². The molecule has 0 spiro atoms. The molecule has 2 aromatic rings. The van der Waals surface area contributed by atoms with Crippen LogP contribution in [0.5, 0.6) is 5.75 Å². The quantitative estimate of drug-likeness (QED) is 0.867. The Kier molecular flexibility index (Phi) is 3.14. The molecular formula is C11H8ClNOS. The van der Waals surface area contributed by atoms with Crippen molar-refractivity contribution >= 4 is 23.4 Å². The second-order valence-electron chi connectivity index (χ2n) is 2.89. The normalized spacial score (nSPS) is 10.2. The summed E-state index contributed by atoms with van der Waals surface area (Å²) in [6, 6.07) is 10.5.